The second kappa shape index (κ2) is 10.8. The summed E-state index contributed by atoms with van der Waals surface area (Å²) < 4.78 is 10.5. The maximum atomic E-state index is 12.6. The van der Waals surface area contributed by atoms with Gasteiger partial charge in [-0.25, -0.2) is 4.79 Å². The van der Waals surface area contributed by atoms with Crippen LogP contribution >= 0.6 is 0 Å². The summed E-state index contributed by atoms with van der Waals surface area (Å²) in [5, 5.41) is 14.1. The number of rotatable bonds is 10. The lowest BCUT2D eigenvalue weighted by atomic mass is 9.98. The van der Waals surface area contributed by atoms with Gasteiger partial charge >= 0.3 is 12.1 Å². The van der Waals surface area contributed by atoms with Crippen molar-refractivity contribution in [3.8, 4) is 11.1 Å². The Hall–Kier alpha value is -3.39. The average Bonchev–Trinajstić information content (AvgIpc) is 3.10. The van der Waals surface area contributed by atoms with E-state index in [-0.39, 0.29) is 25.6 Å². The number of carboxylic acids is 1. The van der Waals surface area contributed by atoms with E-state index in [0.717, 1.165) is 22.3 Å². The third-order valence-electron chi connectivity index (χ3n) is 5.55. The molecule has 0 radical (unpaired) electrons. The van der Waals surface area contributed by atoms with Gasteiger partial charge in [0.05, 0.1) is 13.0 Å². The van der Waals surface area contributed by atoms with Gasteiger partial charge in [0, 0.05) is 19.1 Å². The molecule has 2 aromatic rings. The van der Waals surface area contributed by atoms with Gasteiger partial charge in [-0.15, -0.1) is 0 Å². The van der Waals surface area contributed by atoms with Gasteiger partial charge < -0.3 is 25.2 Å². The molecule has 0 aromatic heterocycles. The first-order chi connectivity index (χ1) is 15.4. The van der Waals surface area contributed by atoms with Gasteiger partial charge in [-0.05, 0) is 28.7 Å². The van der Waals surface area contributed by atoms with Gasteiger partial charge in [-0.2, -0.15) is 0 Å². The molecule has 0 unspecified atom stereocenters. The molecule has 2 atom stereocenters. The molecule has 1 aliphatic rings. The lowest BCUT2D eigenvalue weighted by Gasteiger charge is -2.22. The van der Waals surface area contributed by atoms with Crippen molar-refractivity contribution in [3.05, 3.63) is 59.7 Å². The number of carbonyl (C=O) groups is 3. The van der Waals surface area contributed by atoms with Crippen LogP contribution in [0.1, 0.15) is 36.8 Å². The van der Waals surface area contributed by atoms with Crippen LogP contribution in [-0.2, 0) is 19.1 Å². The highest BCUT2D eigenvalue weighted by molar-refractivity contribution is 5.86. The molecule has 0 bridgehead atoms. The lowest BCUT2D eigenvalue weighted by molar-refractivity contribution is -0.137. The smallest absolute Gasteiger partial charge is 0.407 e. The molecule has 3 N–H and O–H groups in total. The van der Waals surface area contributed by atoms with Crippen molar-refractivity contribution >= 4 is 18.0 Å². The zero-order valence-corrected chi connectivity index (χ0v) is 18.2. The Bertz CT molecular complexity index is 931. The molecule has 1 aliphatic carbocycles. The fraction of sp³-hybridized carbons (Fsp3) is 0.375. The van der Waals surface area contributed by atoms with Crippen LogP contribution in [0.15, 0.2) is 48.5 Å². The Morgan fingerprint density at radius 3 is 2.12 bits per heavy atom. The molecule has 3 rings (SSSR count). The quantitative estimate of drug-likeness (QED) is 0.524. The Morgan fingerprint density at radius 2 is 1.59 bits per heavy atom. The maximum Gasteiger partial charge on any atom is 0.407 e. The van der Waals surface area contributed by atoms with E-state index in [1.54, 1.807) is 6.92 Å². The highest BCUT2D eigenvalue weighted by Gasteiger charge is 2.30. The van der Waals surface area contributed by atoms with E-state index in [0.29, 0.717) is 6.42 Å². The van der Waals surface area contributed by atoms with Gasteiger partial charge in [0.15, 0.2) is 0 Å². The third-order valence-corrected chi connectivity index (χ3v) is 5.55. The van der Waals surface area contributed by atoms with Crippen LogP contribution in [0.4, 0.5) is 4.79 Å². The van der Waals surface area contributed by atoms with E-state index in [1.807, 2.05) is 36.4 Å². The number of nitrogens with one attached hydrogen (secondary N) is 2. The number of carboxylic acid groups (broad SMARTS) is 1. The van der Waals surface area contributed by atoms with Crippen molar-refractivity contribution < 1.29 is 29.0 Å². The Morgan fingerprint density at radius 1 is 1.00 bits per heavy atom. The maximum absolute atomic E-state index is 12.6. The summed E-state index contributed by atoms with van der Waals surface area (Å²) >= 11 is 0. The van der Waals surface area contributed by atoms with Crippen molar-refractivity contribution in [2.45, 2.75) is 37.8 Å². The Labute approximate surface area is 186 Å². The first kappa shape index (κ1) is 23.3. The van der Waals surface area contributed by atoms with Crippen LogP contribution in [0.25, 0.3) is 11.1 Å². The Kier molecular flexibility index (Phi) is 7.83. The van der Waals surface area contributed by atoms with E-state index in [9.17, 15) is 14.4 Å². The van der Waals surface area contributed by atoms with Gasteiger partial charge in [-0.3, -0.25) is 9.59 Å². The monoisotopic (exact) mass is 440 g/mol. The number of aliphatic carboxylic acids is 1. The second-order valence-corrected chi connectivity index (χ2v) is 7.69. The normalized spacial score (nSPS) is 14.1. The minimum atomic E-state index is -1.01. The van der Waals surface area contributed by atoms with E-state index >= 15 is 0 Å². The summed E-state index contributed by atoms with van der Waals surface area (Å²) in [7, 11) is 1.41. The molecule has 2 aromatic carbocycles. The van der Waals surface area contributed by atoms with Crippen LogP contribution < -0.4 is 10.6 Å². The summed E-state index contributed by atoms with van der Waals surface area (Å²) in [5.74, 6) is -1.62. The van der Waals surface area contributed by atoms with Crippen LogP contribution in [0.2, 0.25) is 0 Å². The molecular formula is C24H28N2O6. The molecule has 0 saturated heterocycles. The molecule has 0 spiro atoms. The van der Waals surface area contributed by atoms with E-state index in [2.05, 4.69) is 22.8 Å². The fourth-order valence-electron chi connectivity index (χ4n) is 3.94. The largest absolute Gasteiger partial charge is 0.481 e. The third kappa shape index (κ3) is 5.45. The number of hydrogen-bond donors (Lipinski definition) is 3. The van der Waals surface area contributed by atoms with Gasteiger partial charge in [0.25, 0.3) is 0 Å². The molecule has 0 heterocycles. The fourth-order valence-corrected chi connectivity index (χ4v) is 3.94. The zero-order chi connectivity index (χ0) is 23.1. The van der Waals surface area contributed by atoms with Gasteiger partial charge in [-0.1, -0.05) is 55.5 Å². The number of carbonyl (C=O) groups excluding carboxylic acids is 2. The molecule has 170 valence electrons. The second-order valence-electron chi connectivity index (χ2n) is 7.69. The summed E-state index contributed by atoms with van der Waals surface area (Å²) in [5.41, 5.74) is 4.43. The topological polar surface area (TPSA) is 114 Å². The number of ether oxygens (including phenoxy) is 2. The van der Waals surface area contributed by atoms with E-state index in [1.165, 1.54) is 7.11 Å². The molecule has 0 saturated carbocycles. The van der Waals surface area contributed by atoms with E-state index in [4.69, 9.17) is 14.6 Å². The van der Waals surface area contributed by atoms with Crippen LogP contribution in [0.5, 0.6) is 0 Å². The van der Waals surface area contributed by atoms with Crippen LogP contribution in [0.3, 0.4) is 0 Å². The number of benzene rings is 2. The summed E-state index contributed by atoms with van der Waals surface area (Å²) in [6, 6.07) is 14.5. The zero-order valence-electron chi connectivity index (χ0n) is 18.2. The molecule has 0 aliphatic heterocycles. The minimum Gasteiger partial charge on any atom is -0.481 e. The van der Waals surface area contributed by atoms with Gasteiger partial charge in [0.2, 0.25) is 5.91 Å². The summed E-state index contributed by atoms with van der Waals surface area (Å²) in [6.07, 6.45) is -0.495. The average molecular weight is 440 g/mol. The number of hydrogen-bond acceptors (Lipinski definition) is 5. The molecular weight excluding hydrogens is 412 g/mol. The lowest BCUT2D eigenvalue weighted by Crippen LogP contribution is -2.52. The predicted molar refractivity (Wildman–Crippen MR) is 118 cm³/mol. The SMILES string of the molecule is CC[C@@H](CC(=O)O)NC(=O)[C@H](COC)NC(=O)OCC1c2ccccc2-c2ccccc21. The van der Waals surface area contributed by atoms with E-state index < -0.39 is 30.1 Å². The molecule has 0 fully saturated rings. The van der Waals surface area contributed by atoms with Crippen molar-refractivity contribution in [2.75, 3.05) is 20.3 Å². The predicted octanol–water partition coefficient (Wildman–Crippen LogP) is 2.91. The Balaban J connectivity index is 1.62. The van der Waals surface area contributed by atoms with Crippen LogP contribution in [0, 0.1) is 0 Å². The number of alkyl carbamates (subject to hydrolysis) is 1. The molecule has 2 amide bonds. The van der Waals surface area contributed by atoms with Crippen LogP contribution in [-0.4, -0.2) is 55.5 Å². The minimum absolute atomic E-state index is 0.0699. The summed E-state index contributed by atoms with van der Waals surface area (Å²) in [6.45, 7) is 1.83. The standard InChI is InChI=1S/C24H28N2O6/c1-3-15(12-22(27)28)25-23(29)21(14-31-2)26-24(30)32-13-20-18-10-6-4-8-16(18)17-9-5-7-11-19(17)20/h4-11,15,20-21H,3,12-14H2,1-2H3,(H,25,29)(H,26,30)(H,27,28)/t15-,21-/m0/s1. The summed E-state index contributed by atoms with van der Waals surface area (Å²) in [4.78, 5) is 36.0. The van der Waals surface area contributed by atoms with Crippen molar-refractivity contribution in [1.29, 1.82) is 0 Å². The van der Waals surface area contributed by atoms with Crippen molar-refractivity contribution in [3.63, 3.8) is 0 Å². The number of fused-ring (bicyclic) bond motifs is 3. The molecule has 8 heteroatoms. The highest BCUT2D eigenvalue weighted by Crippen LogP contribution is 2.44. The van der Waals surface area contributed by atoms with Gasteiger partial charge in [0.1, 0.15) is 12.6 Å². The highest BCUT2D eigenvalue weighted by atomic mass is 16.5. The first-order valence-electron chi connectivity index (χ1n) is 10.6. The first-order valence-corrected chi connectivity index (χ1v) is 10.6. The van der Waals surface area contributed by atoms with Crippen molar-refractivity contribution in [1.82, 2.24) is 10.6 Å². The number of amides is 2. The molecule has 32 heavy (non-hydrogen) atoms. The number of methoxy groups -OCH3 is 1. The van der Waals surface area contributed by atoms with Crippen molar-refractivity contribution in [2.24, 2.45) is 0 Å². The molecule has 8 nitrogen and oxygen atoms in total.